The number of carbonyl (C=O) groups excluding carboxylic acids is 2. The number of nitrogens with one attached hydrogen (secondary N) is 1. The zero-order chi connectivity index (χ0) is 17.5. The molecule has 1 amide bonds. The van der Waals surface area contributed by atoms with E-state index >= 15 is 0 Å². The standard InChI is InChI=1S/C18H17ClN2O3/c1-12-5-3-4-6-14(12)7-10-17(22)24-13(2)18(23)21-16-9-8-15(19)11-20-16/h3-11,13H,1-2H3,(H,20,21,23)/b10-7+/t13-/m1/s1. The second kappa shape index (κ2) is 8.26. The summed E-state index contributed by atoms with van der Waals surface area (Å²) in [6.45, 7) is 3.44. The van der Waals surface area contributed by atoms with Gasteiger partial charge in [0.25, 0.3) is 5.91 Å². The van der Waals surface area contributed by atoms with Gasteiger partial charge >= 0.3 is 5.97 Å². The van der Waals surface area contributed by atoms with Crippen LogP contribution in [0.4, 0.5) is 5.82 Å². The zero-order valence-corrected chi connectivity index (χ0v) is 14.1. The maximum Gasteiger partial charge on any atom is 0.331 e. The molecule has 24 heavy (non-hydrogen) atoms. The third kappa shape index (κ3) is 5.21. The van der Waals surface area contributed by atoms with Gasteiger partial charge in [0, 0.05) is 12.3 Å². The number of esters is 1. The Morgan fingerprint density at radius 3 is 2.67 bits per heavy atom. The molecular weight excluding hydrogens is 328 g/mol. The van der Waals surface area contributed by atoms with Crippen molar-refractivity contribution in [3.63, 3.8) is 0 Å². The summed E-state index contributed by atoms with van der Waals surface area (Å²) in [5, 5.41) is 3.01. The molecule has 0 saturated heterocycles. The van der Waals surface area contributed by atoms with Gasteiger partial charge in [-0.25, -0.2) is 9.78 Å². The molecule has 0 unspecified atom stereocenters. The topological polar surface area (TPSA) is 68.3 Å². The maximum absolute atomic E-state index is 12.0. The molecular formula is C18H17ClN2O3. The number of amides is 1. The zero-order valence-electron chi connectivity index (χ0n) is 13.3. The van der Waals surface area contributed by atoms with Crippen molar-refractivity contribution in [2.24, 2.45) is 0 Å². The molecule has 2 aromatic rings. The molecule has 0 aliphatic carbocycles. The molecule has 1 aromatic heterocycles. The van der Waals surface area contributed by atoms with Crippen molar-refractivity contribution < 1.29 is 14.3 Å². The third-order valence-corrected chi connectivity index (χ3v) is 3.45. The number of pyridine rings is 1. The van der Waals surface area contributed by atoms with Crippen molar-refractivity contribution in [1.82, 2.24) is 4.98 Å². The summed E-state index contributed by atoms with van der Waals surface area (Å²) >= 11 is 5.72. The average Bonchev–Trinajstić information content (AvgIpc) is 2.56. The van der Waals surface area contributed by atoms with E-state index in [1.54, 1.807) is 18.2 Å². The lowest BCUT2D eigenvalue weighted by molar-refractivity contribution is -0.148. The summed E-state index contributed by atoms with van der Waals surface area (Å²) < 4.78 is 5.08. The van der Waals surface area contributed by atoms with E-state index in [1.807, 2.05) is 31.2 Å². The van der Waals surface area contributed by atoms with Crippen LogP contribution in [0.15, 0.2) is 48.7 Å². The molecule has 0 bridgehead atoms. The Kier molecular flexibility index (Phi) is 6.09. The first kappa shape index (κ1) is 17.7. The van der Waals surface area contributed by atoms with Crippen LogP contribution in [0.1, 0.15) is 18.1 Å². The number of halogens is 1. The third-order valence-electron chi connectivity index (χ3n) is 3.23. The molecule has 1 N–H and O–H groups in total. The highest BCUT2D eigenvalue weighted by molar-refractivity contribution is 6.30. The van der Waals surface area contributed by atoms with Gasteiger partial charge in [-0.15, -0.1) is 0 Å². The van der Waals surface area contributed by atoms with E-state index in [0.717, 1.165) is 11.1 Å². The van der Waals surface area contributed by atoms with Crippen LogP contribution in [-0.2, 0) is 14.3 Å². The molecule has 1 atom stereocenters. The monoisotopic (exact) mass is 344 g/mol. The van der Waals surface area contributed by atoms with Crippen molar-refractivity contribution in [2.45, 2.75) is 20.0 Å². The predicted octanol–water partition coefficient (Wildman–Crippen LogP) is 3.63. The van der Waals surface area contributed by atoms with Gasteiger partial charge in [-0.05, 0) is 43.2 Å². The number of hydrogen-bond acceptors (Lipinski definition) is 4. The lowest BCUT2D eigenvalue weighted by Gasteiger charge is -2.11. The number of carbonyl (C=O) groups is 2. The molecule has 5 nitrogen and oxygen atoms in total. The molecule has 0 saturated carbocycles. The molecule has 1 aromatic carbocycles. The van der Waals surface area contributed by atoms with Crippen LogP contribution >= 0.6 is 11.6 Å². The van der Waals surface area contributed by atoms with Gasteiger partial charge in [-0.2, -0.15) is 0 Å². The first-order valence-corrected chi connectivity index (χ1v) is 7.70. The van der Waals surface area contributed by atoms with Crippen LogP contribution < -0.4 is 5.32 Å². The normalized spacial score (nSPS) is 12.0. The Bertz CT molecular complexity index is 757. The van der Waals surface area contributed by atoms with Crippen molar-refractivity contribution in [2.75, 3.05) is 5.32 Å². The Labute approximate surface area is 145 Å². The molecule has 124 valence electrons. The van der Waals surface area contributed by atoms with E-state index in [4.69, 9.17) is 16.3 Å². The highest BCUT2D eigenvalue weighted by Gasteiger charge is 2.17. The van der Waals surface area contributed by atoms with E-state index in [9.17, 15) is 9.59 Å². The molecule has 0 spiro atoms. The number of rotatable bonds is 5. The molecule has 2 rings (SSSR count). The van der Waals surface area contributed by atoms with Gasteiger partial charge in [-0.3, -0.25) is 4.79 Å². The van der Waals surface area contributed by atoms with Gasteiger partial charge < -0.3 is 10.1 Å². The number of anilines is 1. The van der Waals surface area contributed by atoms with Crippen molar-refractivity contribution in [3.05, 3.63) is 64.8 Å². The Balaban J connectivity index is 1.90. The maximum atomic E-state index is 12.0. The fourth-order valence-corrected chi connectivity index (χ4v) is 1.99. The Morgan fingerprint density at radius 1 is 1.25 bits per heavy atom. The van der Waals surface area contributed by atoms with Crippen molar-refractivity contribution in [1.29, 1.82) is 0 Å². The largest absolute Gasteiger partial charge is 0.449 e. The SMILES string of the molecule is Cc1ccccc1/C=C/C(=O)O[C@H](C)C(=O)Nc1ccc(Cl)cn1. The number of aryl methyl sites for hydroxylation is 1. The summed E-state index contributed by atoms with van der Waals surface area (Å²) in [4.78, 5) is 27.7. The van der Waals surface area contributed by atoms with E-state index in [2.05, 4.69) is 10.3 Å². The van der Waals surface area contributed by atoms with Gasteiger partial charge in [0.15, 0.2) is 6.10 Å². The summed E-state index contributed by atoms with van der Waals surface area (Å²) in [5.41, 5.74) is 1.96. The fraction of sp³-hybridized carbons (Fsp3) is 0.167. The van der Waals surface area contributed by atoms with E-state index < -0.39 is 18.0 Å². The van der Waals surface area contributed by atoms with Crippen LogP contribution in [0.5, 0.6) is 0 Å². The molecule has 0 aliphatic heterocycles. The molecule has 1 heterocycles. The minimum atomic E-state index is -0.948. The van der Waals surface area contributed by atoms with Crippen LogP contribution in [0.3, 0.4) is 0 Å². The Hall–Kier alpha value is -2.66. The van der Waals surface area contributed by atoms with Gasteiger partial charge in [0.1, 0.15) is 5.82 Å². The van der Waals surface area contributed by atoms with Crippen LogP contribution in [0, 0.1) is 6.92 Å². The quantitative estimate of drug-likeness (QED) is 0.664. The first-order chi connectivity index (χ1) is 11.5. The van der Waals surface area contributed by atoms with E-state index in [-0.39, 0.29) is 0 Å². The highest BCUT2D eigenvalue weighted by atomic mass is 35.5. The van der Waals surface area contributed by atoms with Crippen LogP contribution in [0.25, 0.3) is 6.08 Å². The second-order valence-electron chi connectivity index (χ2n) is 5.12. The highest BCUT2D eigenvalue weighted by Crippen LogP contribution is 2.11. The molecule has 0 fully saturated rings. The van der Waals surface area contributed by atoms with Gasteiger partial charge in [0.2, 0.25) is 0 Å². The summed E-state index contributed by atoms with van der Waals surface area (Å²) in [6.07, 6.45) is 3.42. The van der Waals surface area contributed by atoms with E-state index in [1.165, 1.54) is 19.2 Å². The fourth-order valence-electron chi connectivity index (χ4n) is 1.88. The summed E-state index contributed by atoms with van der Waals surface area (Å²) in [5.74, 6) is -0.727. The van der Waals surface area contributed by atoms with Gasteiger partial charge in [0.05, 0.1) is 5.02 Å². The minimum absolute atomic E-state index is 0.336. The number of nitrogens with zero attached hydrogens (tertiary/aromatic N) is 1. The van der Waals surface area contributed by atoms with Gasteiger partial charge in [-0.1, -0.05) is 35.9 Å². The number of benzene rings is 1. The first-order valence-electron chi connectivity index (χ1n) is 7.32. The number of hydrogen-bond donors (Lipinski definition) is 1. The number of ether oxygens (including phenoxy) is 1. The predicted molar refractivity (Wildman–Crippen MR) is 93.6 cm³/mol. The lowest BCUT2D eigenvalue weighted by atomic mass is 10.1. The smallest absolute Gasteiger partial charge is 0.331 e. The van der Waals surface area contributed by atoms with Crippen molar-refractivity contribution in [3.8, 4) is 0 Å². The average molecular weight is 345 g/mol. The number of aromatic nitrogens is 1. The van der Waals surface area contributed by atoms with Crippen LogP contribution in [-0.4, -0.2) is 23.0 Å². The Morgan fingerprint density at radius 2 is 2.00 bits per heavy atom. The molecule has 0 aliphatic rings. The van der Waals surface area contributed by atoms with Crippen LogP contribution in [0.2, 0.25) is 5.02 Å². The summed E-state index contributed by atoms with van der Waals surface area (Å²) in [7, 11) is 0. The van der Waals surface area contributed by atoms with E-state index in [0.29, 0.717) is 10.8 Å². The van der Waals surface area contributed by atoms with Crippen molar-refractivity contribution >= 4 is 35.4 Å². The molecule has 0 radical (unpaired) electrons. The minimum Gasteiger partial charge on any atom is -0.449 e. The lowest BCUT2D eigenvalue weighted by Crippen LogP contribution is -2.29. The molecule has 6 heteroatoms. The second-order valence-corrected chi connectivity index (χ2v) is 5.56. The summed E-state index contributed by atoms with van der Waals surface area (Å²) in [6, 6.07) is 10.8.